The average molecular weight is 439 g/mol. The minimum atomic E-state index is -0.181. The van der Waals surface area contributed by atoms with Gasteiger partial charge in [0.1, 0.15) is 6.10 Å². The smallest absolute Gasteiger partial charge is 0.107 e. The Morgan fingerprint density at radius 2 is 1.35 bits per heavy atom. The summed E-state index contributed by atoms with van der Waals surface area (Å²) in [5.74, 6) is 0. The number of hydrogen-bond acceptors (Lipinski definition) is 7. The summed E-state index contributed by atoms with van der Waals surface area (Å²) in [5, 5.41) is 0. The molecular formula is C24H38O7. The topological polar surface area (TPSA) is 64.6 Å². The van der Waals surface area contributed by atoms with Crippen LogP contribution in [0.2, 0.25) is 0 Å². The predicted molar refractivity (Wildman–Crippen MR) is 119 cm³/mol. The maximum atomic E-state index is 6.08. The summed E-state index contributed by atoms with van der Waals surface area (Å²) >= 11 is 0. The van der Waals surface area contributed by atoms with Gasteiger partial charge in [0.15, 0.2) is 0 Å². The van der Waals surface area contributed by atoms with Gasteiger partial charge in [-0.15, -0.1) is 0 Å². The van der Waals surface area contributed by atoms with Crippen molar-refractivity contribution in [1.29, 1.82) is 0 Å². The summed E-state index contributed by atoms with van der Waals surface area (Å²) in [4.78, 5) is 0. The molecule has 1 aliphatic heterocycles. The summed E-state index contributed by atoms with van der Waals surface area (Å²) in [6.07, 6.45) is 3.31. The number of benzene rings is 1. The van der Waals surface area contributed by atoms with Gasteiger partial charge in [-0.05, 0) is 24.0 Å². The van der Waals surface area contributed by atoms with Gasteiger partial charge >= 0.3 is 0 Å². The Morgan fingerprint density at radius 3 is 1.87 bits per heavy atom. The van der Waals surface area contributed by atoms with Crippen LogP contribution in [0.4, 0.5) is 0 Å². The van der Waals surface area contributed by atoms with Gasteiger partial charge in [-0.2, -0.15) is 0 Å². The molecule has 2 rings (SSSR count). The molecule has 0 radical (unpaired) electrons. The Bertz CT molecular complexity index is 546. The van der Waals surface area contributed by atoms with E-state index in [0.29, 0.717) is 72.7 Å². The van der Waals surface area contributed by atoms with Crippen molar-refractivity contribution in [3.05, 3.63) is 42.0 Å². The van der Waals surface area contributed by atoms with Gasteiger partial charge in [0.2, 0.25) is 0 Å². The second-order valence-electron chi connectivity index (χ2n) is 7.19. The molecule has 7 heteroatoms. The molecule has 1 aromatic carbocycles. The molecule has 1 aliphatic rings. The first-order valence-electron chi connectivity index (χ1n) is 11.1. The van der Waals surface area contributed by atoms with Crippen LogP contribution in [0.3, 0.4) is 0 Å². The Kier molecular flexibility index (Phi) is 14.4. The summed E-state index contributed by atoms with van der Waals surface area (Å²) in [5.41, 5.74) is 2.37. The minimum Gasteiger partial charge on any atom is -0.379 e. The quantitative estimate of drug-likeness (QED) is 0.677. The molecular weight excluding hydrogens is 400 g/mol. The first-order valence-corrected chi connectivity index (χ1v) is 11.1. The first kappa shape index (κ1) is 25.9. The van der Waals surface area contributed by atoms with Gasteiger partial charge in [0.05, 0.1) is 78.8 Å². The molecule has 1 heterocycles. The first-order chi connectivity index (χ1) is 15.3. The molecule has 0 spiro atoms. The lowest BCUT2D eigenvalue weighted by Crippen LogP contribution is -2.36. The molecule has 2 unspecified atom stereocenters. The number of methoxy groups -OCH3 is 1. The minimum absolute atomic E-state index is 0.0812. The Labute approximate surface area is 186 Å². The fraction of sp³-hybridized carbons (Fsp3) is 0.667. The van der Waals surface area contributed by atoms with Crippen LogP contribution in [0.25, 0.3) is 6.08 Å². The van der Waals surface area contributed by atoms with Crippen molar-refractivity contribution in [2.45, 2.75) is 25.0 Å². The third-order valence-electron chi connectivity index (χ3n) is 4.98. The molecule has 31 heavy (non-hydrogen) atoms. The zero-order valence-electron chi connectivity index (χ0n) is 18.8. The highest BCUT2D eigenvalue weighted by Gasteiger charge is 2.22. The molecule has 0 saturated carbocycles. The molecule has 7 nitrogen and oxygen atoms in total. The summed E-state index contributed by atoms with van der Waals surface area (Å²) in [7, 11) is 1.72. The molecule has 0 bridgehead atoms. The van der Waals surface area contributed by atoms with Crippen molar-refractivity contribution in [2.75, 3.05) is 79.8 Å². The lowest BCUT2D eigenvalue weighted by Gasteiger charge is -2.26. The van der Waals surface area contributed by atoms with Crippen molar-refractivity contribution in [3.63, 3.8) is 0 Å². The lowest BCUT2D eigenvalue weighted by atomic mass is 10.0. The van der Waals surface area contributed by atoms with E-state index in [9.17, 15) is 0 Å². The van der Waals surface area contributed by atoms with Gasteiger partial charge in [-0.25, -0.2) is 0 Å². The van der Waals surface area contributed by atoms with Gasteiger partial charge in [-0.3, -0.25) is 0 Å². The maximum absolute atomic E-state index is 6.08. The van der Waals surface area contributed by atoms with Crippen molar-refractivity contribution in [3.8, 4) is 0 Å². The third-order valence-corrected chi connectivity index (χ3v) is 4.98. The van der Waals surface area contributed by atoms with Crippen LogP contribution in [-0.4, -0.2) is 92.0 Å². The van der Waals surface area contributed by atoms with E-state index in [1.807, 2.05) is 6.08 Å². The van der Waals surface area contributed by atoms with E-state index in [0.717, 1.165) is 18.4 Å². The van der Waals surface area contributed by atoms with E-state index < -0.39 is 0 Å². The van der Waals surface area contributed by atoms with Crippen LogP contribution in [0.5, 0.6) is 0 Å². The second-order valence-corrected chi connectivity index (χ2v) is 7.19. The summed E-state index contributed by atoms with van der Waals surface area (Å²) in [6.45, 7) is 9.49. The van der Waals surface area contributed by atoms with Crippen molar-refractivity contribution >= 4 is 6.08 Å². The molecule has 1 fully saturated rings. The third kappa shape index (κ3) is 11.8. The highest BCUT2D eigenvalue weighted by Crippen LogP contribution is 2.15. The molecule has 2 atom stereocenters. The molecule has 1 aromatic rings. The predicted octanol–water partition coefficient (Wildman–Crippen LogP) is 2.76. The van der Waals surface area contributed by atoms with E-state index in [1.54, 1.807) is 7.11 Å². The zero-order chi connectivity index (χ0) is 22.0. The van der Waals surface area contributed by atoms with Gasteiger partial charge < -0.3 is 33.2 Å². The fourth-order valence-electron chi connectivity index (χ4n) is 3.19. The molecule has 1 saturated heterocycles. The molecule has 0 aliphatic carbocycles. The zero-order valence-corrected chi connectivity index (χ0v) is 18.8. The number of hydrogen-bond donors (Lipinski definition) is 0. The van der Waals surface area contributed by atoms with E-state index >= 15 is 0 Å². The van der Waals surface area contributed by atoms with Crippen LogP contribution in [0, 0.1) is 0 Å². The van der Waals surface area contributed by atoms with E-state index in [4.69, 9.17) is 33.2 Å². The Morgan fingerprint density at radius 1 is 0.839 bits per heavy atom. The van der Waals surface area contributed by atoms with Gasteiger partial charge in [0, 0.05) is 7.11 Å². The number of ether oxygens (including phenoxy) is 7. The Hall–Kier alpha value is -1.32. The van der Waals surface area contributed by atoms with Crippen LogP contribution in [-0.2, 0) is 39.6 Å². The molecule has 0 N–H and O–H groups in total. The van der Waals surface area contributed by atoms with E-state index in [-0.39, 0.29) is 12.2 Å². The van der Waals surface area contributed by atoms with Crippen LogP contribution < -0.4 is 0 Å². The largest absolute Gasteiger partial charge is 0.379 e. The summed E-state index contributed by atoms with van der Waals surface area (Å²) < 4.78 is 39.7. The van der Waals surface area contributed by atoms with Gasteiger partial charge in [0.25, 0.3) is 0 Å². The second kappa shape index (κ2) is 17.3. The average Bonchev–Trinajstić information content (AvgIpc) is 2.80. The van der Waals surface area contributed by atoms with E-state index in [2.05, 4.69) is 30.8 Å². The van der Waals surface area contributed by atoms with Crippen molar-refractivity contribution < 1.29 is 33.2 Å². The van der Waals surface area contributed by atoms with Crippen molar-refractivity contribution in [2.24, 2.45) is 0 Å². The molecule has 0 amide bonds. The summed E-state index contributed by atoms with van der Waals surface area (Å²) in [6, 6.07) is 8.41. The number of rotatable bonds is 6. The van der Waals surface area contributed by atoms with Crippen molar-refractivity contribution in [1.82, 2.24) is 0 Å². The maximum Gasteiger partial charge on any atom is 0.107 e. The van der Waals surface area contributed by atoms with Crippen LogP contribution in [0.1, 0.15) is 17.5 Å². The number of aryl methyl sites for hydroxylation is 1. The van der Waals surface area contributed by atoms with Gasteiger partial charge in [-0.1, -0.05) is 36.9 Å². The normalized spacial score (nSPS) is 22.2. The van der Waals surface area contributed by atoms with Crippen LogP contribution in [0.15, 0.2) is 30.8 Å². The lowest BCUT2D eigenvalue weighted by molar-refractivity contribution is -0.111. The highest BCUT2D eigenvalue weighted by atomic mass is 16.6. The standard InChI is InChI=1S/C24H38O7/c1-3-21-4-6-22(7-5-21)8-9-23(25-2)24-20-30-17-16-28-13-12-26-10-11-27-14-15-29-18-19-31-24/h3-7,23-24H,1,8-20H2,2H3. The highest BCUT2D eigenvalue weighted by molar-refractivity contribution is 5.47. The molecule has 176 valence electrons. The fourth-order valence-corrected chi connectivity index (χ4v) is 3.19. The molecule has 0 aromatic heterocycles. The van der Waals surface area contributed by atoms with E-state index in [1.165, 1.54) is 5.56 Å². The Balaban J connectivity index is 1.83. The SMILES string of the molecule is C=Cc1ccc(CCC(OC)C2COCCOCCOCCOCCOCCO2)cc1. The monoisotopic (exact) mass is 438 g/mol. The van der Waals surface area contributed by atoms with Crippen LogP contribution >= 0.6 is 0 Å².